The molecule has 1 unspecified atom stereocenters. The molecule has 0 spiro atoms. The fraction of sp³-hybridized carbons (Fsp3) is 0.417. The van der Waals surface area contributed by atoms with Crippen LogP contribution in [0.25, 0.3) is 0 Å². The van der Waals surface area contributed by atoms with Crippen LogP contribution >= 0.6 is 24.0 Å². The van der Waals surface area contributed by atoms with Crippen molar-refractivity contribution in [2.24, 2.45) is 5.73 Å². The van der Waals surface area contributed by atoms with Crippen LogP contribution in [-0.2, 0) is 4.79 Å². The molecule has 1 amide bonds. The quantitative estimate of drug-likeness (QED) is 0.846. The minimum Gasteiger partial charge on any atom is -0.482 e. The van der Waals surface area contributed by atoms with Gasteiger partial charge in [0.2, 0.25) is 0 Å². The predicted molar refractivity (Wildman–Crippen MR) is 75.4 cm³/mol. The first kappa shape index (κ1) is 18.0. The van der Waals surface area contributed by atoms with Crippen LogP contribution in [0.5, 0.6) is 5.75 Å². The molecule has 1 atom stereocenters. The van der Waals surface area contributed by atoms with Gasteiger partial charge in [0.15, 0.2) is 6.61 Å². The zero-order chi connectivity index (χ0) is 13.5. The van der Waals surface area contributed by atoms with E-state index in [-0.39, 0.29) is 41.7 Å². The number of nitrogens with two attached hydrogens (primary N) is 1. The lowest BCUT2D eigenvalue weighted by Crippen LogP contribution is -2.32. The molecule has 0 radical (unpaired) electrons. The molecule has 0 aliphatic rings. The smallest absolute Gasteiger partial charge is 0.257 e. The standard InChI is InChI=1S/C12H16ClFN2O2.ClH/c1-8(15)4-5-16-12(17)7-18-11-3-2-9(14)6-10(11)13;/h2-3,6,8H,4-5,7,15H2,1H3,(H,16,17);1H. The van der Waals surface area contributed by atoms with Gasteiger partial charge in [0.1, 0.15) is 11.6 Å². The lowest BCUT2D eigenvalue weighted by Gasteiger charge is -2.09. The molecular weight excluding hydrogens is 294 g/mol. The number of hydrogen-bond acceptors (Lipinski definition) is 3. The van der Waals surface area contributed by atoms with Gasteiger partial charge >= 0.3 is 0 Å². The summed E-state index contributed by atoms with van der Waals surface area (Å²) in [6.45, 7) is 2.20. The minimum atomic E-state index is -0.450. The Morgan fingerprint density at radius 2 is 2.26 bits per heavy atom. The van der Waals surface area contributed by atoms with E-state index in [1.165, 1.54) is 12.1 Å². The van der Waals surface area contributed by atoms with Crippen molar-refractivity contribution in [3.8, 4) is 5.75 Å². The van der Waals surface area contributed by atoms with E-state index in [0.29, 0.717) is 13.0 Å². The highest BCUT2D eigenvalue weighted by atomic mass is 35.5. The van der Waals surface area contributed by atoms with Crippen LogP contribution in [0.1, 0.15) is 13.3 Å². The monoisotopic (exact) mass is 310 g/mol. The molecule has 0 fully saturated rings. The number of carbonyl (C=O) groups excluding carboxylic acids is 1. The Hall–Kier alpha value is -1.04. The zero-order valence-electron chi connectivity index (χ0n) is 10.5. The molecule has 19 heavy (non-hydrogen) atoms. The van der Waals surface area contributed by atoms with Crippen molar-refractivity contribution >= 4 is 29.9 Å². The highest BCUT2D eigenvalue weighted by molar-refractivity contribution is 6.32. The summed E-state index contributed by atoms with van der Waals surface area (Å²) in [4.78, 5) is 11.4. The van der Waals surface area contributed by atoms with Crippen molar-refractivity contribution in [1.29, 1.82) is 0 Å². The third-order valence-electron chi connectivity index (χ3n) is 2.17. The molecule has 1 aromatic carbocycles. The Kier molecular flexibility index (Phi) is 8.47. The molecule has 108 valence electrons. The average molecular weight is 311 g/mol. The van der Waals surface area contributed by atoms with E-state index >= 15 is 0 Å². The summed E-state index contributed by atoms with van der Waals surface area (Å²) in [5.41, 5.74) is 5.54. The number of carbonyl (C=O) groups is 1. The summed E-state index contributed by atoms with van der Waals surface area (Å²) < 4.78 is 17.9. The number of rotatable bonds is 6. The maximum Gasteiger partial charge on any atom is 0.257 e. The number of halogens is 3. The van der Waals surface area contributed by atoms with E-state index in [9.17, 15) is 9.18 Å². The Morgan fingerprint density at radius 3 is 2.84 bits per heavy atom. The fourth-order valence-electron chi connectivity index (χ4n) is 1.23. The summed E-state index contributed by atoms with van der Waals surface area (Å²) in [6, 6.07) is 3.77. The molecule has 0 bridgehead atoms. The van der Waals surface area contributed by atoms with Gasteiger partial charge in [0.25, 0.3) is 5.91 Å². The third-order valence-corrected chi connectivity index (χ3v) is 2.47. The van der Waals surface area contributed by atoms with Gasteiger partial charge in [-0.05, 0) is 31.5 Å². The Balaban J connectivity index is 0.00000324. The Morgan fingerprint density at radius 1 is 1.58 bits per heavy atom. The summed E-state index contributed by atoms with van der Waals surface area (Å²) in [7, 11) is 0. The topological polar surface area (TPSA) is 64.3 Å². The molecule has 0 aliphatic carbocycles. The normalized spacial score (nSPS) is 11.4. The second-order valence-corrected chi connectivity index (χ2v) is 4.39. The third kappa shape index (κ3) is 7.20. The molecule has 0 heterocycles. The molecular formula is C12H17Cl2FN2O2. The highest BCUT2D eigenvalue weighted by Crippen LogP contribution is 2.24. The molecule has 1 aromatic rings. The van der Waals surface area contributed by atoms with Crippen LogP contribution in [0.2, 0.25) is 5.02 Å². The van der Waals surface area contributed by atoms with Gasteiger partial charge in [0, 0.05) is 12.6 Å². The molecule has 3 N–H and O–H groups in total. The largest absolute Gasteiger partial charge is 0.482 e. The van der Waals surface area contributed by atoms with Crippen molar-refractivity contribution < 1.29 is 13.9 Å². The van der Waals surface area contributed by atoms with Crippen LogP contribution in [0.15, 0.2) is 18.2 Å². The van der Waals surface area contributed by atoms with E-state index in [1.54, 1.807) is 0 Å². The van der Waals surface area contributed by atoms with E-state index in [0.717, 1.165) is 6.07 Å². The van der Waals surface area contributed by atoms with Crippen molar-refractivity contribution in [2.45, 2.75) is 19.4 Å². The summed E-state index contributed by atoms with van der Waals surface area (Å²) in [6.07, 6.45) is 0.697. The maximum absolute atomic E-state index is 12.8. The van der Waals surface area contributed by atoms with Crippen LogP contribution < -0.4 is 15.8 Å². The number of benzene rings is 1. The van der Waals surface area contributed by atoms with E-state index < -0.39 is 5.82 Å². The van der Waals surface area contributed by atoms with E-state index in [2.05, 4.69) is 5.32 Å². The molecule has 0 saturated carbocycles. The van der Waals surface area contributed by atoms with Crippen molar-refractivity contribution in [3.63, 3.8) is 0 Å². The van der Waals surface area contributed by atoms with Crippen LogP contribution in [0.3, 0.4) is 0 Å². The summed E-state index contributed by atoms with van der Waals surface area (Å²) in [5, 5.41) is 2.79. The van der Waals surface area contributed by atoms with Crippen molar-refractivity contribution in [2.75, 3.05) is 13.2 Å². The molecule has 0 aromatic heterocycles. The molecule has 1 rings (SSSR count). The molecule has 0 aliphatic heterocycles. The second-order valence-electron chi connectivity index (χ2n) is 3.98. The van der Waals surface area contributed by atoms with Gasteiger partial charge < -0.3 is 15.8 Å². The maximum atomic E-state index is 12.8. The summed E-state index contributed by atoms with van der Waals surface area (Å²) in [5.74, 6) is -0.440. The minimum absolute atomic E-state index is 0. The first-order valence-electron chi connectivity index (χ1n) is 5.59. The highest BCUT2D eigenvalue weighted by Gasteiger charge is 2.06. The second kappa shape index (κ2) is 8.96. The van der Waals surface area contributed by atoms with Gasteiger partial charge in [-0.2, -0.15) is 0 Å². The predicted octanol–water partition coefficient (Wildman–Crippen LogP) is 2.13. The van der Waals surface area contributed by atoms with Crippen LogP contribution in [-0.4, -0.2) is 25.1 Å². The lowest BCUT2D eigenvalue weighted by atomic mass is 10.2. The first-order chi connectivity index (χ1) is 8.49. The SMILES string of the molecule is CC(N)CCNC(=O)COc1ccc(F)cc1Cl.Cl. The number of hydrogen-bond donors (Lipinski definition) is 2. The van der Waals surface area contributed by atoms with E-state index in [4.69, 9.17) is 22.1 Å². The van der Waals surface area contributed by atoms with Crippen LogP contribution in [0.4, 0.5) is 4.39 Å². The Labute approximate surface area is 122 Å². The van der Waals surface area contributed by atoms with Crippen molar-refractivity contribution in [3.05, 3.63) is 29.0 Å². The van der Waals surface area contributed by atoms with Crippen molar-refractivity contribution in [1.82, 2.24) is 5.32 Å². The van der Waals surface area contributed by atoms with Gasteiger partial charge in [-0.15, -0.1) is 12.4 Å². The number of nitrogens with one attached hydrogen (secondary N) is 1. The Bertz CT molecular complexity index is 417. The first-order valence-corrected chi connectivity index (χ1v) is 5.97. The van der Waals surface area contributed by atoms with E-state index in [1.807, 2.05) is 6.92 Å². The summed E-state index contributed by atoms with van der Waals surface area (Å²) >= 11 is 5.75. The van der Waals surface area contributed by atoms with Gasteiger partial charge in [-0.25, -0.2) is 4.39 Å². The number of amides is 1. The fourth-order valence-corrected chi connectivity index (χ4v) is 1.45. The average Bonchev–Trinajstić information content (AvgIpc) is 2.27. The molecule has 0 saturated heterocycles. The molecule has 7 heteroatoms. The van der Waals surface area contributed by atoms with Gasteiger partial charge in [-0.3, -0.25) is 4.79 Å². The molecule has 4 nitrogen and oxygen atoms in total. The van der Waals surface area contributed by atoms with Gasteiger partial charge in [0.05, 0.1) is 5.02 Å². The van der Waals surface area contributed by atoms with Crippen LogP contribution in [0, 0.1) is 5.82 Å². The lowest BCUT2D eigenvalue weighted by molar-refractivity contribution is -0.123. The van der Waals surface area contributed by atoms with Gasteiger partial charge in [-0.1, -0.05) is 11.6 Å². The zero-order valence-corrected chi connectivity index (χ0v) is 12.1. The number of ether oxygens (including phenoxy) is 1.